The van der Waals surface area contributed by atoms with E-state index in [0.717, 1.165) is 4.88 Å². The minimum atomic E-state index is -0.483. The van der Waals surface area contributed by atoms with Gasteiger partial charge in [0.1, 0.15) is 11.6 Å². The summed E-state index contributed by atoms with van der Waals surface area (Å²) in [6.45, 7) is 0.519. The molecule has 0 unspecified atom stereocenters. The summed E-state index contributed by atoms with van der Waals surface area (Å²) in [6, 6.07) is 8.45. The summed E-state index contributed by atoms with van der Waals surface area (Å²) >= 11 is 7.56. The highest BCUT2D eigenvalue weighted by atomic mass is 35.5. The first-order valence-electron chi connectivity index (χ1n) is 7.80. The van der Waals surface area contributed by atoms with Crippen molar-refractivity contribution >= 4 is 28.8 Å². The molecule has 1 aliphatic heterocycles. The van der Waals surface area contributed by atoms with E-state index in [0.29, 0.717) is 36.7 Å². The van der Waals surface area contributed by atoms with E-state index in [2.05, 4.69) is 15.4 Å². The third-order valence-corrected chi connectivity index (χ3v) is 5.24. The van der Waals surface area contributed by atoms with Gasteiger partial charge in [-0.05, 0) is 29.6 Å². The fourth-order valence-corrected chi connectivity index (χ4v) is 3.75. The third-order valence-electron chi connectivity index (χ3n) is 4.08. The fraction of sp³-hybridized carbons (Fsp3) is 0.235. The lowest BCUT2D eigenvalue weighted by atomic mass is 10.1. The molecule has 128 valence electrons. The van der Waals surface area contributed by atoms with Crippen LogP contribution in [0, 0.1) is 5.82 Å². The van der Waals surface area contributed by atoms with Crippen LogP contribution in [-0.4, -0.2) is 27.2 Å². The Kier molecular flexibility index (Phi) is 4.27. The molecular weight excluding hydrogens is 363 g/mol. The van der Waals surface area contributed by atoms with Crippen LogP contribution in [-0.2, 0) is 11.2 Å². The van der Waals surface area contributed by atoms with Crippen molar-refractivity contribution in [2.45, 2.75) is 18.8 Å². The molecule has 0 spiro atoms. The molecule has 5 nitrogen and oxygen atoms in total. The number of thiophene rings is 1. The zero-order valence-corrected chi connectivity index (χ0v) is 14.6. The molecule has 1 fully saturated rings. The lowest BCUT2D eigenvalue weighted by Gasteiger charge is -2.10. The lowest BCUT2D eigenvalue weighted by Crippen LogP contribution is -2.15. The molecule has 1 saturated heterocycles. The normalized spacial score (nSPS) is 17.0. The summed E-state index contributed by atoms with van der Waals surface area (Å²) in [4.78, 5) is 17.4. The maximum atomic E-state index is 13.5. The number of nitrogens with one attached hydrogen (secondary N) is 1. The summed E-state index contributed by atoms with van der Waals surface area (Å²) in [6.07, 6.45) is 0.979. The van der Waals surface area contributed by atoms with Crippen LogP contribution in [0.1, 0.15) is 28.9 Å². The summed E-state index contributed by atoms with van der Waals surface area (Å²) in [5.74, 6) is 0.797. The predicted octanol–water partition coefficient (Wildman–Crippen LogP) is 3.32. The highest BCUT2D eigenvalue weighted by Crippen LogP contribution is 2.27. The Hall–Kier alpha value is -2.25. The number of benzene rings is 1. The number of carbonyl (C=O) groups excluding carboxylic acids is 1. The minimum Gasteiger partial charge on any atom is -0.355 e. The summed E-state index contributed by atoms with van der Waals surface area (Å²) in [5.41, 5.74) is 0.630. The standard InChI is InChI=1S/C17H14ClFN4OS/c18-13-7-11(3-4-14(13)19)23-17(10-6-16(24)20-9-10)21-15(22-23)8-12-2-1-5-25-12/h1-5,7,10H,6,8-9H2,(H,20,24)/t10-/m1/s1. The Morgan fingerprint density at radius 2 is 2.28 bits per heavy atom. The number of rotatable bonds is 4. The second-order valence-electron chi connectivity index (χ2n) is 5.86. The molecule has 1 aromatic carbocycles. The molecule has 4 rings (SSSR count). The number of hydrogen-bond acceptors (Lipinski definition) is 4. The first-order valence-corrected chi connectivity index (χ1v) is 9.06. The monoisotopic (exact) mass is 376 g/mol. The van der Waals surface area contributed by atoms with Crippen molar-refractivity contribution in [1.29, 1.82) is 0 Å². The van der Waals surface area contributed by atoms with E-state index in [1.165, 1.54) is 12.1 Å². The zero-order valence-electron chi connectivity index (χ0n) is 13.1. The average Bonchev–Trinajstić information content (AvgIpc) is 3.31. The van der Waals surface area contributed by atoms with Crippen molar-refractivity contribution in [3.8, 4) is 5.69 Å². The van der Waals surface area contributed by atoms with Crippen LogP contribution in [0.25, 0.3) is 5.69 Å². The number of amides is 1. The van der Waals surface area contributed by atoms with Gasteiger partial charge >= 0.3 is 0 Å². The highest BCUT2D eigenvalue weighted by Gasteiger charge is 2.29. The second-order valence-corrected chi connectivity index (χ2v) is 7.30. The number of halogens is 2. The topological polar surface area (TPSA) is 59.8 Å². The molecule has 1 N–H and O–H groups in total. The van der Waals surface area contributed by atoms with Gasteiger partial charge in [-0.2, -0.15) is 5.10 Å². The Bertz CT molecular complexity index is 925. The molecule has 3 aromatic rings. The number of nitrogens with zero attached hydrogens (tertiary/aromatic N) is 3. The van der Waals surface area contributed by atoms with Gasteiger partial charge < -0.3 is 5.32 Å². The maximum Gasteiger partial charge on any atom is 0.220 e. The van der Waals surface area contributed by atoms with Gasteiger partial charge in [-0.25, -0.2) is 14.1 Å². The van der Waals surface area contributed by atoms with Crippen LogP contribution in [0.5, 0.6) is 0 Å². The van der Waals surface area contributed by atoms with E-state index in [4.69, 9.17) is 11.6 Å². The third kappa shape index (κ3) is 3.29. The molecule has 0 saturated carbocycles. The smallest absolute Gasteiger partial charge is 0.220 e. The summed E-state index contributed by atoms with van der Waals surface area (Å²) in [5, 5.41) is 9.44. The molecule has 1 aliphatic rings. The van der Waals surface area contributed by atoms with Crippen molar-refractivity contribution in [2.24, 2.45) is 0 Å². The molecule has 1 atom stereocenters. The number of hydrogen-bond donors (Lipinski definition) is 1. The van der Waals surface area contributed by atoms with Gasteiger partial charge in [0.2, 0.25) is 5.91 Å². The Morgan fingerprint density at radius 1 is 1.40 bits per heavy atom. The Balaban J connectivity index is 1.75. The molecule has 0 aliphatic carbocycles. The zero-order chi connectivity index (χ0) is 17.4. The van der Waals surface area contributed by atoms with Gasteiger partial charge in [-0.15, -0.1) is 11.3 Å². The van der Waals surface area contributed by atoms with Crippen LogP contribution in [0.15, 0.2) is 35.7 Å². The molecule has 0 bridgehead atoms. The maximum absolute atomic E-state index is 13.5. The average molecular weight is 377 g/mol. The molecule has 2 aromatic heterocycles. The van der Waals surface area contributed by atoms with E-state index in [1.807, 2.05) is 17.5 Å². The van der Waals surface area contributed by atoms with Crippen molar-refractivity contribution in [3.63, 3.8) is 0 Å². The lowest BCUT2D eigenvalue weighted by molar-refractivity contribution is -0.119. The molecule has 0 radical (unpaired) electrons. The van der Waals surface area contributed by atoms with E-state index in [1.54, 1.807) is 22.1 Å². The predicted molar refractivity (Wildman–Crippen MR) is 93.8 cm³/mol. The summed E-state index contributed by atoms with van der Waals surface area (Å²) in [7, 11) is 0. The van der Waals surface area contributed by atoms with Crippen molar-refractivity contribution in [1.82, 2.24) is 20.1 Å². The van der Waals surface area contributed by atoms with Gasteiger partial charge in [0, 0.05) is 30.2 Å². The van der Waals surface area contributed by atoms with Crippen molar-refractivity contribution in [3.05, 3.63) is 63.1 Å². The van der Waals surface area contributed by atoms with Crippen molar-refractivity contribution in [2.75, 3.05) is 6.54 Å². The van der Waals surface area contributed by atoms with Crippen LogP contribution in [0.3, 0.4) is 0 Å². The van der Waals surface area contributed by atoms with E-state index < -0.39 is 5.82 Å². The fourth-order valence-electron chi connectivity index (χ4n) is 2.87. The highest BCUT2D eigenvalue weighted by molar-refractivity contribution is 7.09. The van der Waals surface area contributed by atoms with Gasteiger partial charge in [0.25, 0.3) is 0 Å². The number of carbonyl (C=O) groups is 1. The second kappa shape index (κ2) is 6.57. The quantitative estimate of drug-likeness (QED) is 0.759. The summed E-state index contributed by atoms with van der Waals surface area (Å²) < 4.78 is 15.2. The van der Waals surface area contributed by atoms with E-state index in [-0.39, 0.29) is 16.8 Å². The van der Waals surface area contributed by atoms with Gasteiger partial charge in [0.15, 0.2) is 5.82 Å². The van der Waals surface area contributed by atoms with Crippen LogP contribution in [0.4, 0.5) is 4.39 Å². The first-order chi connectivity index (χ1) is 12.1. The van der Waals surface area contributed by atoms with Crippen LogP contribution in [0.2, 0.25) is 5.02 Å². The van der Waals surface area contributed by atoms with Gasteiger partial charge in [-0.3, -0.25) is 4.79 Å². The van der Waals surface area contributed by atoms with Crippen LogP contribution < -0.4 is 5.32 Å². The van der Waals surface area contributed by atoms with Gasteiger partial charge in [-0.1, -0.05) is 17.7 Å². The molecule has 8 heteroatoms. The number of aromatic nitrogens is 3. The van der Waals surface area contributed by atoms with Gasteiger partial charge in [0.05, 0.1) is 10.7 Å². The first kappa shape index (κ1) is 16.2. The Labute approximate surface area is 152 Å². The minimum absolute atomic E-state index is 0.00325. The molecule has 1 amide bonds. The molecule has 25 heavy (non-hydrogen) atoms. The van der Waals surface area contributed by atoms with E-state index in [9.17, 15) is 9.18 Å². The SMILES string of the molecule is O=C1C[C@@H](c2nc(Cc3cccs3)nn2-c2ccc(F)c(Cl)c2)CN1. The van der Waals surface area contributed by atoms with Crippen LogP contribution >= 0.6 is 22.9 Å². The van der Waals surface area contributed by atoms with E-state index >= 15 is 0 Å². The largest absolute Gasteiger partial charge is 0.355 e. The van der Waals surface area contributed by atoms with Crippen molar-refractivity contribution < 1.29 is 9.18 Å². The molecule has 3 heterocycles. The Morgan fingerprint density at radius 3 is 2.96 bits per heavy atom. The molecular formula is C17H14ClFN4OS.